The van der Waals surface area contributed by atoms with E-state index in [9.17, 15) is 4.79 Å². The average molecular weight is 270 g/mol. The molecule has 0 heterocycles. The third kappa shape index (κ3) is 4.77. The summed E-state index contributed by atoms with van der Waals surface area (Å²) in [6.07, 6.45) is 4.62. The highest BCUT2D eigenvalue weighted by molar-refractivity contribution is 5.80. The number of amides is 1. The largest absolute Gasteiger partial charge is 0.361 e. The molecule has 1 fully saturated rings. The summed E-state index contributed by atoms with van der Waals surface area (Å²) in [5.41, 5.74) is 5.98. The van der Waals surface area contributed by atoms with Gasteiger partial charge in [0.05, 0.1) is 5.60 Å². The Kier molecular flexibility index (Phi) is 5.81. The van der Waals surface area contributed by atoms with E-state index in [4.69, 9.17) is 10.5 Å². The van der Waals surface area contributed by atoms with Crippen molar-refractivity contribution in [2.45, 2.75) is 71.5 Å². The summed E-state index contributed by atoms with van der Waals surface area (Å²) in [6.45, 7) is 9.62. The molecule has 3 N–H and O–H groups in total. The molecule has 0 aromatic carbocycles. The second-order valence-electron chi connectivity index (χ2n) is 6.60. The van der Waals surface area contributed by atoms with Gasteiger partial charge in [-0.25, -0.2) is 0 Å². The van der Waals surface area contributed by atoms with E-state index in [1.807, 2.05) is 13.8 Å². The van der Waals surface area contributed by atoms with Crippen molar-refractivity contribution < 1.29 is 9.53 Å². The molecule has 0 bridgehead atoms. The van der Waals surface area contributed by atoms with E-state index in [0.29, 0.717) is 18.5 Å². The first-order valence-electron chi connectivity index (χ1n) is 7.50. The van der Waals surface area contributed by atoms with Gasteiger partial charge in [-0.05, 0) is 44.4 Å². The second kappa shape index (κ2) is 6.71. The van der Waals surface area contributed by atoms with E-state index in [-0.39, 0.29) is 11.5 Å². The van der Waals surface area contributed by atoms with Crippen molar-refractivity contribution >= 4 is 5.91 Å². The molecule has 0 aliphatic heterocycles. The Morgan fingerprint density at radius 3 is 2.37 bits per heavy atom. The normalized spacial score (nSPS) is 22.8. The van der Waals surface area contributed by atoms with Crippen LogP contribution in [0.15, 0.2) is 0 Å². The van der Waals surface area contributed by atoms with Gasteiger partial charge in [-0.3, -0.25) is 4.79 Å². The molecule has 1 aliphatic carbocycles. The fourth-order valence-corrected chi connectivity index (χ4v) is 2.57. The molecule has 1 amide bonds. The van der Waals surface area contributed by atoms with Crippen molar-refractivity contribution in [1.29, 1.82) is 0 Å². The van der Waals surface area contributed by atoms with Gasteiger partial charge in [-0.1, -0.05) is 20.8 Å². The molecule has 19 heavy (non-hydrogen) atoms. The van der Waals surface area contributed by atoms with Crippen LogP contribution in [0, 0.1) is 5.41 Å². The summed E-state index contributed by atoms with van der Waals surface area (Å²) in [5, 5.41) is 2.87. The number of nitrogens with two attached hydrogens (primary N) is 1. The number of hydrogen-bond acceptors (Lipinski definition) is 3. The van der Waals surface area contributed by atoms with Crippen molar-refractivity contribution in [1.82, 2.24) is 5.32 Å². The van der Waals surface area contributed by atoms with Crippen molar-refractivity contribution in [2.24, 2.45) is 11.1 Å². The maximum Gasteiger partial charge on any atom is 0.248 e. The quantitative estimate of drug-likeness (QED) is 0.778. The maximum atomic E-state index is 11.9. The minimum atomic E-state index is -0.420. The molecule has 4 heteroatoms. The monoisotopic (exact) mass is 270 g/mol. The minimum absolute atomic E-state index is 0.0282. The smallest absolute Gasteiger partial charge is 0.248 e. The van der Waals surface area contributed by atoms with Gasteiger partial charge < -0.3 is 15.8 Å². The Balaban J connectivity index is 2.54. The second-order valence-corrected chi connectivity index (χ2v) is 6.60. The molecule has 1 atom stereocenters. The van der Waals surface area contributed by atoms with Crippen molar-refractivity contribution in [3.63, 3.8) is 0 Å². The van der Waals surface area contributed by atoms with Gasteiger partial charge in [0.2, 0.25) is 5.91 Å². The minimum Gasteiger partial charge on any atom is -0.361 e. The molecule has 0 spiro atoms. The first-order valence-corrected chi connectivity index (χ1v) is 7.50. The van der Waals surface area contributed by atoms with E-state index in [0.717, 1.165) is 32.1 Å². The lowest BCUT2D eigenvalue weighted by atomic mass is 9.71. The molecule has 1 unspecified atom stereocenters. The van der Waals surface area contributed by atoms with Gasteiger partial charge >= 0.3 is 0 Å². The van der Waals surface area contributed by atoms with Crippen LogP contribution < -0.4 is 11.1 Å². The van der Waals surface area contributed by atoms with Gasteiger partial charge in [0.15, 0.2) is 0 Å². The van der Waals surface area contributed by atoms with E-state index in [1.165, 1.54) is 0 Å². The van der Waals surface area contributed by atoms with E-state index in [2.05, 4.69) is 19.2 Å². The number of carbonyl (C=O) groups excluding carboxylic acids is 1. The van der Waals surface area contributed by atoms with Crippen LogP contribution in [0.25, 0.3) is 0 Å². The average Bonchev–Trinajstić information content (AvgIpc) is 2.38. The molecule has 0 saturated heterocycles. The van der Waals surface area contributed by atoms with Gasteiger partial charge in [0.1, 0.15) is 6.10 Å². The fraction of sp³-hybridized carbons (Fsp3) is 0.933. The zero-order chi connectivity index (χ0) is 14.5. The molecule has 112 valence electrons. The van der Waals surface area contributed by atoms with Crippen molar-refractivity contribution in [2.75, 3.05) is 13.1 Å². The fourth-order valence-electron chi connectivity index (χ4n) is 2.57. The SMILES string of the molecule is CCCNC(=O)C(C)OC1(CN)CCC(C)(C)CC1. The summed E-state index contributed by atoms with van der Waals surface area (Å²) >= 11 is 0. The Morgan fingerprint density at radius 2 is 1.89 bits per heavy atom. The van der Waals surface area contributed by atoms with Crippen LogP contribution in [0.5, 0.6) is 0 Å². The lowest BCUT2D eigenvalue weighted by Gasteiger charge is -2.43. The van der Waals surface area contributed by atoms with Crippen LogP contribution in [-0.4, -0.2) is 30.7 Å². The Bertz CT molecular complexity index is 293. The summed E-state index contributed by atoms with van der Waals surface area (Å²) in [4.78, 5) is 11.9. The van der Waals surface area contributed by atoms with Crippen LogP contribution in [0.2, 0.25) is 0 Å². The third-order valence-electron chi connectivity index (χ3n) is 4.23. The summed E-state index contributed by atoms with van der Waals surface area (Å²) < 4.78 is 6.04. The predicted molar refractivity (Wildman–Crippen MR) is 77.9 cm³/mol. The molecular formula is C15H30N2O2. The Labute approximate surface area is 117 Å². The highest BCUT2D eigenvalue weighted by Gasteiger charge is 2.40. The van der Waals surface area contributed by atoms with E-state index >= 15 is 0 Å². The van der Waals surface area contributed by atoms with Gasteiger partial charge in [0.25, 0.3) is 0 Å². The molecule has 4 nitrogen and oxygen atoms in total. The van der Waals surface area contributed by atoms with Crippen LogP contribution in [-0.2, 0) is 9.53 Å². The number of hydrogen-bond donors (Lipinski definition) is 2. The number of nitrogens with one attached hydrogen (secondary N) is 1. The Morgan fingerprint density at radius 1 is 1.32 bits per heavy atom. The standard InChI is InChI=1S/C15H30N2O2/c1-5-10-17-13(18)12(2)19-15(11-16)8-6-14(3,4)7-9-15/h12H,5-11,16H2,1-4H3,(H,17,18). The lowest BCUT2D eigenvalue weighted by Crippen LogP contribution is -2.50. The van der Waals surface area contributed by atoms with Crippen molar-refractivity contribution in [3.05, 3.63) is 0 Å². The van der Waals surface area contributed by atoms with Gasteiger partial charge in [-0.2, -0.15) is 0 Å². The zero-order valence-corrected chi connectivity index (χ0v) is 12.9. The summed E-state index contributed by atoms with van der Waals surface area (Å²) in [7, 11) is 0. The molecule has 0 radical (unpaired) electrons. The first kappa shape index (κ1) is 16.4. The first-order chi connectivity index (χ1) is 8.84. The highest BCUT2D eigenvalue weighted by atomic mass is 16.5. The molecule has 1 saturated carbocycles. The van der Waals surface area contributed by atoms with Crippen LogP contribution in [0.4, 0.5) is 0 Å². The van der Waals surface area contributed by atoms with E-state index in [1.54, 1.807) is 0 Å². The van der Waals surface area contributed by atoms with Crippen LogP contribution >= 0.6 is 0 Å². The third-order valence-corrected chi connectivity index (χ3v) is 4.23. The number of carbonyl (C=O) groups is 1. The lowest BCUT2D eigenvalue weighted by molar-refractivity contribution is -0.152. The number of ether oxygens (including phenoxy) is 1. The molecule has 0 aromatic rings. The topological polar surface area (TPSA) is 64.3 Å². The predicted octanol–water partition coefficient (Wildman–Crippen LogP) is 2.22. The van der Waals surface area contributed by atoms with E-state index < -0.39 is 6.10 Å². The zero-order valence-electron chi connectivity index (χ0n) is 12.9. The van der Waals surface area contributed by atoms with Crippen LogP contribution in [0.3, 0.4) is 0 Å². The Hall–Kier alpha value is -0.610. The molecule has 1 rings (SSSR count). The van der Waals surface area contributed by atoms with Crippen LogP contribution in [0.1, 0.15) is 59.8 Å². The van der Waals surface area contributed by atoms with Gasteiger partial charge in [-0.15, -0.1) is 0 Å². The summed E-state index contributed by atoms with van der Waals surface area (Å²) in [6, 6.07) is 0. The maximum absolute atomic E-state index is 11.9. The molecule has 1 aliphatic rings. The molecule has 0 aromatic heterocycles. The van der Waals surface area contributed by atoms with Crippen molar-refractivity contribution in [3.8, 4) is 0 Å². The molecular weight excluding hydrogens is 240 g/mol. The van der Waals surface area contributed by atoms with Gasteiger partial charge in [0, 0.05) is 13.1 Å². The highest BCUT2D eigenvalue weighted by Crippen LogP contribution is 2.42. The number of rotatable bonds is 6. The summed E-state index contributed by atoms with van der Waals surface area (Å²) in [5.74, 6) is -0.0282.